The summed E-state index contributed by atoms with van der Waals surface area (Å²) in [7, 11) is 3.36. The molecule has 0 radical (unpaired) electrons. The molecule has 0 amide bonds. The molecule has 4 aromatic rings. The first-order valence-corrected chi connectivity index (χ1v) is 14.3. The van der Waals surface area contributed by atoms with Gasteiger partial charge in [0.15, 0.2) is 23.0 Å². The molecular formula is C34H32N2O5. The highest BCUT2D eigenvalue weighted by Crippen LogP contribution is 2.55. The second kappa shape index (κ2) is 9.43. The van der Waals surface area contributed by atoms with Gasteiger partial charge >= 0.3 is 0 Å². The lowest BCUT2D eigenvalue weighted by Gasteiger charge is -2.34. The molecule has 0 aliphatic carbocycles. The number of hydrogen-bond acceptors (Lipinski definition) is 7. The Bertz CT molecular complexity index is 1710. The van der Waals surface area contributed by atoms with Gasteiger partial charge in [0, 0.05) is 28.8 Å². The fourth-order valence-corrected chi connectivity index (χ4v) is 6.98. The van der Waals surface area contributed by atoms with Crippen LogP contribution in [0.15, 0.2) is 54.6 Å². The molecule has 41 heavy (non-hydrogen) atoms. The average molecular weight is 549 g/mol. The molecular weight excluding hydrogens is 516 g/mol. The topological polar surface area (TPSA) is 81.2 Å². The number of benzene rings is 4. The minimum Gasteiger partial charge on any atom is -0.507 e. The van der Waals surface area contributed by atoms with Crippen molar-refractivity contribution in [2.45, 2.75) is 37.8 Å². The Labute approximate surface area is 239 Å². The lowest BCUT2D eigenvalue weighted by Crippen LogP contribution is -2.32. The zero-order chi connectivity index (χ0) is 27.7. The van der Waals surface area contributed by atoms with Crippen LogP contribution in [-0.4, -0.2) is 32.4 Å². The monoisotopic (exact) mass is 548 g/mol. The van der Waals surface area contributed by atoms with Crippen LogP contribution in [0.4, 0.5) is 0 Å². The van der Waals surface area contributed by atoms with E-state index in [1.807, 2.05) is 12.1 Å². The van der Waals surface area contributed by atoms with Gasteiger partial charge < -0.3 is 34.7 Å². The molecule has 7 bridgehead atoms. The van der Waals surface area contributed by atoms with Crippen molar-refractivity contribution in [1.82, 2.24) is 10.6 Å². The second-order valence-electron chi connectivity index (χ2n) is 11.3. The van der Waals surface area contributed by atoms with Crippen molar-refractivity contribution >= 4 is 0 Å². The maximum Gasteiger partial charge on any atom is 0.212 e. The highest BCUT2D eigenvalue weighted by atomic mass is 16.6. The first kappa shape index (κ1) is 24.6. The normalized spacial score (nSPS) is 19.7. The molecule has 4 aromatic carbocycles. The summed E-state index contributed by atoms with van der Waals surface area (Å²) in [6.45, 7) is 1.72. The zero-order valence-corrected chi connectivity index (χ0v) is 23.2. The van der Waals surface area contributed by atoms with E-state index in [-0.39, 0.29) is 17.8 Å². The van der Waals surface area contributed by atoms with Gasteiger partial charge in [0.05, 0.1) is 14.2 Å². The fourth-order valence-electron chi connectivity index (χ4n) is 6.98. The number of phenols is 1. The lowest BCUT2D eigenvalue weighted by atomic mass is 9.86. The molecule has 4 aliphatic rings. The van der Waals surface area contributed by atoms with Crippen molar-refractivity contribution < 1.29 is 24.1 Å². The van der Waals surface area contributed by atoms with Crippen LogP contribution >= 0.6 is 0 Å². The first-order valence-electron chi connectivity index (χ1n) is 14.3. The smallest absolute Gasteiger partial charge is 0.212 e. The molecule has 0 unspecified atom stereocenters. The summed E-state index contributed by atoms with van der Waals surface area (Å²) in [5, 5.41) is 18.5. The molecule has 208 valence electrons. The van der Waals surface area contributed by atoms with Crippen molar-refractivity contribution in [2.24, 2.45) is 0 Å². The van der Waals surface area contributed by atoms with E-state index in [2.05, 4.69) is 47.0 Å². The van der Waals surface area contributed by atoms with E-state index in [0.717, 1.165) is 89.6 Å². The Balaban J connectivity index is 1.38. The van der Waals surface area contributed by atoms with Crippen LogP contribution in [0.3, 0.4) is 0 Å². The van der Waals surface area contributed by atoms with Crippen molar-refractivity contribution in [2.75, 3.05) is 27.3 Å². The summed E-state index contributed by atoms with van der Waals surface area (Å²) in [5.41, 5.74) is 8.71. The zero-order valence-electron chi connectivity index (χ0n) is 23.2. The van der Waals surface area contributed by atoms with Crippen LogP contribution in [0.5, 0.6) is 40.2 Å². The third-order valence-corrected chi connectivity index (χ3v) is 8.96. The Morgan fingerprint density at radius 1 is 0.707 bits per heavy atom. The third-order valence-electron chi connectivity index (χ3n) is 8.96. The summed E-state index contributed by atoms with van der Waals surface area (Å²) in [6.07, 6.45) is 3.28. The number of rotatable bonds is 2. The summed E-state index contributed by atoms with van der Waals surface area (Å²) >= 11 is 0. The minimum atomic E-state index is 0.00433. The van der Waals surface area contributed by atoms with Crippen molar-refractivity contribution in [1.29, 1.82) is 0 Å². The molecule has 7 heteroatoms. The molecule has 7 nitrogen and oxygen atoms in total. The van der Waals surface area contributed by atoms with E-state index in [4.69, 9.17) is 18.9 Å². The van der Waals surface area contributed by atoms with Crippen LogP contribution in [0.2, 0.25) is 0 Å². The molecule has 8 rings (SSSR count). The highest BCUT2D eigenvalue weighted by molar-refractivity contribution is 5.77. The van der Waals surface area contributed by atoms with E-state index in [1.165, 1.54) is 16.7 Å². The van der Waals surface area contributed by atoms with Crippen LogP contribution in [0.25, 0.3) is 11.1 Å². The first-order chi connectivity index (χ1) is 20.1. The summed E-state index contributed by atoms with van der Waals surface area (Å²) in [5.74, 6) is 4.49. The van der Waals surface area contributed by atoms with E-state index < -0.39 is 0 Å². The largest absolute Gasteiger partial charge is 0.507 e. The Morgan fingerprint density at radius 3 is 2.22 bits per heavy atom. The molecule has 4 heterocycles. The van der Waals surface area contributed by atoms with Gasteiger partial charge in [-0.05, 0) is 109 Å². The van der Waals surface area contributed by atoms with Crippen molar-refractivity contribution in [3.63, 3.8) is 0 Å². The summed E-state index contributed by atoms with van der Waals surface area (Å²) in [6, 6.07) is 18.6. The molecule has 0 fully saturated rings. The third kappa shape index (κ3) is 3.95. The van der Waals surface area contributed by atoms with Gasteiger partial charge in [-0.25, -0.2) is 0 Å². The van der Waals surface area contributed by atoms with Crippen LogP contribution in [0, 0.1) is 0 Å². The lowest BCUT2D eigenvalue weighted by molar-refractivity contribution is 0.318. The highest BCUT2D eigenvalue weighted by Gasteiger charge is 2.35. The Hall–Kier alpha value is -4.20. The quantitative estimate of drug-likeness (QED) is 0.244. The maximum absolute atomic E-state index is 11.0. The molecule has 0 saturated heterocycles. The van der Waals surface area contributed by atoms with Gasteiger partial charge in [-0.2, -0.15) is 0 Å². The fraction of sp³-hybridized carbons (Fsp3) is 0.294. The van der Waals surface area contributed by atoms with Gasteiger partial charge in [-0.3, -0.25) is 0 Å². The van der Waals surface area contributed by atoms with E-state index in [9.17, 15) is 5.11 Å². The minimum absolute atomic E-state index is 0.00433. The molecule has 2 atom stereocenters. The van der Waals surface area contributed by atoms with E-state index in [1.54, 1.807) is 20.3 Å². The standard InChI is InChI=1S/C34H32N2O5/c1-38-28-6-4-19-12-24(28)23-11-18(3-5-27(23)37)13-25-22-17-30-29(15-20(22)7-9-35-25)40-33-31(39-2)16-21-8-10-36-26(14-19)32(21)34(33)41-30/h3-6,11-12,15-17,25-26,35-37H,7-10,13-14H2,1-2H3/t25-,26-/m0/s1. The number of fused-ring (bicyclic) bond motifs is 5. The average Bonchev–Trinajstić information content (AvgIpc) is 2.99. The van der Waals surface area contributed by atoms with E-state index >= 15 is 0 Å². The maximum atomic E-state index is 11.0. The molecule has 3 N–H and O–H groups in total. The van der Waals surface area contributed by atoms with Crippen molar-refractivity contribution in [3.05, 3.63) is 88.0 Å². The van der Waals surface area contributed by atoms with Crippen LogP contribution in [-0.2, 0) is 25.7 Å². The summed E-state index contributed by atoms with van der Waals surface area (Å²) in [4.78, 5) is 0. The van der Waals surface area contributed by atoms with E-state index in [0.29, 0.717) is 11.5 Å². The SMILES string of the molecule is COc1ccc2cc1-c1cc(ccc1O)C[C@@H]1NCCc3cc4c(cc31)Oc1c(c(OC)cc3c1[C@H](C2)NCC3)O4. The van der Waals surface area contributed by atoms with Gasteiger partial charge in [0.25, 0.3) is 0 Å². The van der Waals surface area contributed by atoms with Gasteiger partial charge in [-0.1, -0.05) is 12.1 Å². The van der Waals surface area contributed by atoms with Gasteiger partial charge in [0.2, 0.25) is 5.75 Å². The number of ether oxygens (including phenoxy) is 4. The molecule has 4 aliphatic heterocycles. The Kier molecular flexibility index (Phi) is 5.66. The van der Waals surface area contributed by atoms with Crippen LogP contribution in [0.1, 0.15) is 45.5 Å². The number of hydrogen-bond donors (Lipinski definition) is 3. The number of aromatic hydroxyl groups is 1. The number of phenolic OH excluding ortho intramolecular Hbond substituents is 1. The Morgan fingerprint density at radius 2 is 1.39 bits per heavy atom. The van der Waals surface area contributed by atoms with Crippen LogP contribution < -0.4 is 29.6 Å². The number of nitrogens with one attached hydrogen (secondary N) is 2. The van der Waals surface area contributed by atoms with Crippen molar-refractivity contribution in [3.8, 4) is 51.4 Å². The molecule has 0 spiro atoms. The molecule has 0 saturated carbocycles. The predicted molar refractivity (Wildman–Crippen MR) is 156 cm³/mol. The summed E-state index contributed by atoms with van der Waals surface area (Å²) < 4.78 is 25.0. The predicted octanol–water partition coefficient (Wildman–Crippen LogP) is 6.15. The van der Waals surface area contributed by atoms with Gasteiger partial charge in [0.1, 0.15) is 11.5 Å². The van der Waals surface area contributed by atoms with Gasteiger partial charge in [-0.15, -0.1) is 0 Å². The second-order valence-corrected chi connectivity index (χ2v) is 11.3. The number of methoxy groups -OCH3 is 2. The molecule has 0 aromatic heterocycles.